The smallest absolute Gasteiger partial charge is 0.242 e. The zero-order valence-electron chi connectivity index (χ0n) is 17.8. The van der Waals surface area contributed by atoms with E-state index in [1.807, 2.05) is 13.8 Å². The highest BCUT2D eigenvalue weighted by molar-refractivity contribution is 7.99. The van der Waals surface area contributed by atoms with Crippen molar-refractivity contribution in [2.75, 3.05) is 12.3 Å². The average Bonchev–Trinajstić information content (AvgIpc) is 2.73. The van der Waals surface area contributed by atoms with Crippen LogP contribution in [0.15, 0.2) is 42.5 Å². The number of hydrogen-bond acceptors (Lipinski definition) is 3. The number of hydrogen-bond donors (Lipinski definition) is 1. The second-order valence-electron chi connectivity index (χ2n) is 7.70. The Hall–Kier alpha value is -1.76. The van der Waals surface area contributed by atoms with Crippen LogP contribution in [-0.2, 0) is 21.9 Å². The lowest BCUT2D eigenvalue weighted by molar-refractivity contribution is -0.138. The van der Waals surface area contributed by atoms with Crippen molar-refractivity contribution in [2.45, 2.75) is 39.1 Å². The minimum atomic E-state index is -0.646. The van der Waals surface area contributed by atoms with Gasteiger partial charge in [-0.15, -0.1) is 11.8 Å². The molecular formula is C23H27Cl2FN2O2S. The zero-order chi connectivity index (χ0) is 23.0. The molecule has 0 radical (unpaired) electrons. The van der Waals surface area contributed by atoms with Gasteiger partial charge in [-0.3, -0.25) is 9.59 Å². The maximum atomic E-state index is 13.1. The van der Waals surface area contributed by atoms with Crippen molar-refractivity contribution in [3.8, 4) is 0 Å². The lowest BCUT2D eigenvalue weighted by atomic mass is 10.1. The highest BCUT2D eigenvalue weighted by atomic mass is 35.5. The second kappa shape index (κ2) is 12.3. The number of halogens is 3. The van der Waals surface area contributed by atoms with Crippen LogP contribution in [-0.4, -0.2) is 35.1 Å². The van der Waals surface area contributed by atoms with Crippen LogP contribution < -0.4 is 5.32 Å². The first-order chi connectivity index (χ1) is 14.7. The molecule has 0 spiro atoms. The molecule has 0 bridgehead atoms. The summed E-state index contributed by atoms with van der Waals surface area (Å²) in [5.74, 6) is 0.415. The van der Waals surface area contributed by atoms with Gasteiger partial charge in [-0.2, -0.15) is 0 Å². The van der Waals surface area contributed by atoms with Crippen LogP contribution in [0.2, 0.25) is 10.0 Å². The summed E-state index contributed by atoms with van der Waals surface area (Å²) < 4.78 is 13.1. The van der Waals surface area contributed by atoms with Crippen LogP contribution in [0.3, 0.4) is 0 Å². The van der Waals surface area contributed by atoms with E-state index in [4.69, 9.17) is 23.2 Å². The van der Waals surface area contributed by atoms with Crippen molar-refractivity contribution in [3.63, 3.8) is 0 Å². The quantitative estimate of drug-likeness (QED) is 0.480. The van der Waals surface area contributed by atoms with Gasteiger partial charge >= 0.3 is 0 Å². The van der Waals surface area contributed by atoms with Crippen LogP contribution >= 0.6 is 35.0 Å². The van der Waals surface area contributed by atoms with Gasteiger partial charge < -0.3 is 10.2 Å². The first kappa shape index (κ1) is 25.5. The van der Waals surface area contributed by atoms with Crippen molar-refractivity contribution >= 4 is 46.8 Å². The molecule has 2 amide bonds. The maximum Gasteiger partial charge on any atom is 0.242 e. The first-order valence-corrected chi connectivity index (χ1v) is 11.9. The van der Waals surface area contributed by atoms with Gasteiger partial charge in [0.05, 0.1) is 15.8 Å². The second-order valence-corrected chi connectivity index (χ2v) is 9.50. The Morgan fingerprint density at radius 3 is 2.29 bits per heavy atom. The van der Waals surface area contributed by atoms with E-state index < -0.39 is 6.04 Å². The van der Waals surface area contributed by atoms with Crippen molar-refractivity contribution in [1.29, 1.82) is 0 Å². The summed E-state index contributed by atoms with van der Waals surface area (Å²) in [6.45, 7) is 6.52. The van der Waals surface area contributed by atoms with Gasteiger partial charge in [0.15, 0.2) is 0 Å². The fourth-order valence-corrected chi connectivity index (χ4v) is 3.98. The molecule has 0 heterocycles. The molecule has 8 heteroatoms. The standard InChI is InChI=1S/C23H27Cl2FN2O2S/c1-15(2)11-27-23(30)16(3)28(12-18-6-9-20(24)21(25)10-18)22(29)14-31-13-17-4-7-19(26)8-5-17/h4-10,15-16H,11-14H2,1-3H3,(H,27,30)/t16-/m0/s1. The van der Waals surface area contributed by atoms with Crippen LogP contribution in [0.1, 0.15) is 31.9 Å². The zero-order valence-corrected chi connectivity index (χ0v) is 20.2. The summed E-state index contributed by atoms with van der Waals surface area (Å²) in [6.07, 6.45) is 0. The molecule has 168 valence electrons. The normalized spacial score (nSPS) is 12.0. The van der Waals surface area contributed by atoms with Crippen LogP contribution in [0.4, 0.5) is 4.39 Å². The minimum absolute atomic E-state index is 0.162. The largest absolute Gasteiger partial charge is 0.354 e. The van der Waals surface area contributed by atoms with Gasteiger partial charge in [0.25, 0.3) is 0 Å². The predicted molar refractivity (Wildman–Crippen MR) is 127 cm³/mol. The number of amides is 2. The molecule has 0 aliphatic carbocycles. The third kappa shape index (κ3) is 8.36. The molecular weight excluding hydrogens is 458 g/mol. The summed E-state index contributed by atoms with van der Waals surface area (Å²) in [6, 6.07) is 10.7. The Labute approximate surface area is 197 Å². The molecule has 0 unspecified atom stereocenters. The number of carbonyl (C=O) groups is 2. The number of rotatable bonds is 10. The van der Waals surface area contributed by atoms with Gasteiger partial charge in [-0.05, 0) is 48.2 Å². The number of nitrogens with zero attached hydrogens (tertiary/aromatic N) is 1. The van der Waals surface area contributed by atoms with E-state index >= 15 is 0 Å². The molecule has 0 saturated heterocycles. The van der Waals surface area contributed by atoms with Crippen LogP contribution in [0.25, 0.3) is 0 Å². The highest BCUT2D eigenvalue weighted by Gasteiger charge is 2.26. The molecule has 4 nitrogen and oxygen atoms in total. The number of carbonyl (C=O) groups excluding carboxylic acids is 2. The predicted octanol–water partition coefficient (Wildman–Crippen LogP) is 5.56. The Kier molecular flexibility index (Phi) is 10.1. The van der Waals surface area contributed by atoms with E-state index in [2.05, 4.69) is 5.32 Å². The van der Waals surface area contributed by atoms with Gasteiger partial charge in [-0.1, -0.05) is 55.2 Å². The summed E-state index contributed by atoms with van der Waals surface area (Å²) in [5, 5.41) is 3.72. The van der Waals surface area contributed by atoms with Gasteiger partial charge in [0, 0.05) is 18.8 Å². The maximum absolute atomic E-state index is 13.1. The third-order valence-corrected chi connectivity index (χ3v) is 6.32. The Morgan fingerprint density at radius 2 is 1.68 bits per heavy atom. The highest BCUT2D eigenvalue weighted by Crippen LogP contribution is 2.24. The van der Waals surface area contributed by atoms with Crippen molar-refractivity contribution in [3.05, 3.63) is 69.5 Å². The van der Waals surface area contributed by atoms with Crippen molar-refractivity contribution < 1.29 is 14.0 Å². The third-order valence-electron chi connectivity index (χ3n) is 4.60. The molecule has 0 aliphatic rings. The lowest BCUT2D eigenvalue weighted by Crippen LogP contribution is -2.48. The lowest BCUT2D eigenvalue weighted by Gasteiger charge is -2.29. The molecule has 2 rings (SSSR count). The average molecular weight is 485 g/mol. The van der Waals surface area contributed by atoms with Crippen LogP contribution in [0.5, 0.6) is 0 Å². The molecule has 0 saturated carbocycles. The van der Waals surface area contributed by atoms with Crippen LogP contribution in [0, 0.1) is 11.7 Å². The Balaban J connectivity index is 2.08. The van der Waals surface area contributed by atoms with Crippen molar-refractivity contribution in [2.24, 2.45) is 5.92 Å². The van der Waals surface area contributed by atoms with Crippen molar-refractivity contribution in [1.82, 2.24) is 10.2 Å². The molecule has 31 heavy (non-hydrogen) atoms. The summed E-state index contributed by atoms with van der Waals surface area (Å²) >= 11 is 13.5. The monoisotopic (exact) mass is 484 g/mol. The molecule has 0 fully saturated rings. The van der Waals surface area contributed by atoms with E-state index in [9.17, 15) is 14.0 Å². The fourth-order valence-electron chi connectivity index (χ4n) is 2.79. The Bertz CT molecular complexity index is 894. The topological polar surface area (TPSA) is 49.4 Å². The summed E-state index contributed by atoms with van der Waals surface area (Å²) in [4.78, 5) is 27.2. The summed E-state index contributed by atoms with van der Waals surface area (Å²) in [7, 11) is 0. The molecule has 1 atom stereocenters. The number of benzene rings is 2. The van der Waals surface area contributed by atoms with E-state index in [0.717, 1.165) is 11.1 Å². The van der Waals surface area contributed by atoms with E-state index in [-0.39, 0.29) is 29.9 Å². The molecule has 2 aromatic rings. The minimum Gasteiger partial charge on any atom is -0.354 e. The van der Waals surface area contributed by atoms with E-state index in [1.165, 1.54) is 23.9 Å². The SMILES string of the molecule is CC(C)CNC(=O)[C@H](C)N(Cc1ccc(Cl)c(Cl)c1)C(=O)CSCc1ccc(F)cc1. The fraction of sp³-hybridized carbons (Fsp3) is 0.391. The molecule has 2 aromatic carbocycles. The van der Waals surface area contributed by atoms with E-state index in [0.29, 0.717) is 28.3 Å². The van der Waals surface area contributed by atoms with Gasteiger partial charge in [0.2, 0.25) is 11.8 Å². The van der Waals surface area contributed by atoms with Gasteiger partial charge in [0.1, 0.15) is 11.9 Å². The number of thioether (sulfide) groups is 1. The first-order valence-electron chi connectivity index (χ1n) is 10.0. The Morgan fingerprint density at radius 1 is 1.03 bits per heavy atom. The molecule has 0 aromatic heterocycles. The number of nitrogens with one attached hydrogen (secondary N) is 1. The molecule has 1 N–H and O–H groups in total. The molecule has 0 aliphatic heterocycles. The van der Waals surface area contributed by atoms with Gasteiger partial charge in [-0.25, -0.2) is 4.39 Å². The summed E-state index contributed by atoms with van der Waals surface area (Å²) in [5.41, 5.74) is 1.72. The van der Waals surface area contributed by atoms with E-state index in [1.54, 1.807) is 42.2 Å².